The monoisotopic (exact) mass is 281 g/mol. The number of methoxy groups -OCH3 is 1. The van der Waals surface area contributed by atoms with Gasteiger partial charge < -0.3 is 23.6 Å². The molecule has 0 aliphatic rings. The van der Waals surface area contributed by atoms with E-state index in [0.717, 1.165) is 0 Å². The van der Waals surface area contributed by atoms with Crippen molar-refractivity contribution in [3.63, 3.8) is 0 Å². The molecule has 1 unspecified atom stereocenters. The largest absolute Gasteiger partial charge is 0.511 e. The first-order valence-corrected chi connectivity index (χ1v) is 6.03. The van der Waals surface area contributed by atoms with Gasteiger partial charge >= 0.3 is 12.1 Å². The first-order chi connectivity index (χ1) is 9.51. The number of fused-ring (bicyclic) bond motifs is 1. The summed E-state index contributed by atoms with van der Waals surface area (Å²) in [4.78, 5) is 25.9. The van der Waals surface area contributed by atoms with Crippen molar-refractivity contribution in [3.05, 3.63) is 24.1 Å². The highest BCUT2D eigenvalue weighted by molar-refractivity contribution is 5.93. The number of nitrogens with one attached hydrogen (secondary N) is 1. The Morgan fingerprint density at radius 2 is 2.05 bits per heavy atom. The van der Waals surface area contributed by atoms with Gasteiger partial charge in [0.2, 0.25) is 0 Å². The average Bonchev–Trinajstić information content (AvgIpc) is 2.97. The lowest BCUT2D eigenvalue weighted by Crippen LogP contribution is -2.29. The molecule has 108 valence electrons. The minimum Gasteiger partial charge on any atom is -0.463 e. The predicted octanol–water partition coefficient (Wildman–Crippen LogP) is 2.68. The summed E-state index contributed by atoms with van der Waals surface area (Å²) in [7, 11) is 1.18. The highest BCUT2D eigenvalue weighted by Crippen LogP contribution is 2.18. The van der Waals surface area contributed by atoms with Gasteiger partial charge in [-0.25, -0.2) is 9.59 Å². The summed E-state index contributed by atoms with van der Waals surface area (Å²) in [6.45, 7) is 3.50. The molecular weight excluding hydrogens is 266 g/mol. The summed E-state index contributed by atoms with van der Waals surface area (Å²) in [5.41, 5.74) is 1.46. The van der Waals surface area contributed by atoms with E-state index in [1.165, 1.54) is 19.4 Å². The Morgan fingerprint density at radius 3 is 2.65 bits per heavy atom. The zero-order valence-electron chi connectivity index (χ0n) is 11.3. The number of carbonyl (C=O) groups excluding carboxylic acids is 2. The zero-order chi connectivity index (χ0) is 14.7. The molecule has 0 amide bonds. The Balaban J connectivity index is 2.07. The molecule has 20 heavy (non-hydrogen) atoms. The summed E-state index contributed by atoms with van der Waals surface area (Å²) in [6, 6.07) is 3.21. The van der Waals surface area contributed by atoms with Gasteiger partial charge in [0.25, 0.3) is 6.29 Å². The number of furan rings is 1. The fourth-order valence-electron chi connectivity index (χ4n) is 1.57. The number of ether oxygens (including phenoxy) is 3. The quantitative estimate of drug-likeness (QED) is 0.684. The number of hydrogen-bond donors (Lipinski definition) is 1. The van der Waals surface area contributed by atoms with E-state index in [1.807, 2.05) is 0 Å². The second-order valence-electron chi connectivity index (χ2n) is 4.47. The highest BCUT2D eigenvalue weighted by atomic mass is 16.8. The molecule has 0 saturated heterocycles. The maximum atomic E-state index is 12.0. The second kappa shape index (κ2) is 5.68. The minimum atomic E-state index is -1.02. The fraction of sp³-hybridized carbons (Fsp3) is 0.385. The van der Waals surface area contributed by atoms with Gasteiger partial charge in [-0.3, -0.25) is 0 Å². The van der Waals surface area contributed by atoms with Crippen molar-refractivity contribution in [1.82, 2.24) is 4.98 Å². The van der Waals surface area contributed by atoms with Crippen LogP contribution in [0.2, 0.25) is 0 Å². The number of rotatable bonds is 4. The lowest BCUT2D eigenvalue weighted by atomic mass is 10.2. The zero-order valence-corrected chi connectivity index (χ0v) is 11.3. The highest BCUT2D eigenvalue weighted by Gasteiger charge is 2.25. The predicted molar refractivity (Wildman–Crippen MR) is 68.1 cm³/mol. The van der Waals surface area contributed by atoms with E-state index < -0.39 is 18.4 Å². The number of aromatic amines is 1. The summed E-state index contributed by atoms with van der Waals surface area (Å²) >= 11 is 0. The third-order valence-corrected chi connectivity index (χ3v) is 2.61. The normalized spacial score (nSPS) is 12.4. The van der Waals surface area contributed by atoms with Gasteiger partial charge in [0.05, 0.1) is 18.9 Å². The minimum absolute atomic E-state index is 0.212. The molecule has 7 nitrogen and oxygen atoms in total. The maximum absolute atomic E-state index is 12.0. The molecule has 0 bridgehead atoms. The Labute approximate surface area is 114 Å². The van der Waals surface area contributed by atoms with Gasteiger partial charge in [0, 0.05) is 18.1 Å². The van der Waals surface area contributed by atoms with Gasteiger partial charge in [-0.15, -0.1) is 0 Å². The summed E-state index contributed by atoms with van der Waals surface area (Å²) in [5, 5.41) is 0. The first-order valence-electron chi connectivity index (χ1n) is 6.03. The number of esters is 1. The molecule has 7 heteroatoms. The van der Waals surface area contributed by atoms with E-state index in [0.29, 0.717) is 11.1 Å². The Bertz CT molecular complexity index is 583. The molecular formula is C13H15NO6. The Hall–Kier alpha value is -2.44. The molecule has 1 atom stereocenters. The van der Waals surface area contributed by atoms with E-state index in [1.54, 1.807) is 19.9 Å². The number of aromatic nitrogens is 1. The van der Waals surface area contributed by atoms with Crippen molar-refractivity contribution in [3.8, 4) is 0 Å². The summed E-state index contributed by atoms with van der Waals surface area (Å²) in [6.07, 6.45) is -0.422. The van der Waals surface area contributed by atoms with Crippen molar-refractivity contribution < 1.29 is 28.2 Å². The third kappa shape index (κ3) is 2.93. The van der Waals surface area contributed by atoms with Crippen LogP contribution in [-0.4, -0.2) is 30.5 Å². The average molecular weight is 281 g/mol. The molecule has 2 aromatic rings. The lowest BCUT2D eigenvalue weighted by Gasteiger charge is -2.20. The van der Waals surface area contributed by atoms with E-state index in [9.17, 15) is 9.59 Å². The van der Waals surface area contributed by atoms with Gasteiger partial charge in [-0.1, -0.05) is 13.8 Å². The first kappa shape index (κ1) is 14.0. The number of carbonyl (C=O) groups is 2. The van der Waals surface area contributed by atoms with Crippen molar-refractivity contribution in [2.45, 2.75) is 20.1 Å². The standard InChI is InChI=1S/C13H15NO6/c1-7(2)12(20-13(16)17-3)19-11(15)9-6-10-8(14-9)4-5-18-10/h4-7,12,14H,1-3H3. The lowest BCUT2D eigenvalue weighted by molar-refractivity contribution is -0.111. The van der Waals surface area contributed by atoms with Gasteiger partial charge in [-0.2, -0.15) is 0 Å². The number of H-pyrrole nitrogens is 1. The molecule has 2 heterocycles. The summed E-state index contributed by atoms with van der Waals surface area (Å²) < 4.78 is 19.5. The Morgan fingerprint density at radius 1 is 1.30 bits per heavy atom. The van der Waals surface area contributed by atoms with Crippen molar-refractivity contribution in [2.24, 2.45) is 5.92 Å². The second-order valence-corrected chi connectivity index (χ2v) is 4.47. The molecule has 0 radical (unpaired) electrons. The van der Waals surface area contributed by atoms with Crippen molar-refractivity contribution in [1.29, 1.82) is 0 Å². The molecule has 0 aliphatic heterocycles. The van der Waals surface area contributed by atoms with Crippen LogP contribution in [0.5, 0.6) is 0 Å². The molecule has 2 aromatic heterocycles. The molecule has 0 saturated carbocycles. The number of hydrogen-bond acceptors (Lipinski definition) is 6. The van der Waals surface area contributed by atoms with E-state index in [4.69, 9.17) is 13.9 Å². The fourth-order valence-corrected chi connectivity index (χ4v) is 1.57. The van der Waals surface area contributed by atoms with Crippen molar-refractivity contribution >= 4 is 23.2 Å². The maximum Gasteiger partial charge on any atom is 0.511 e. The van der Waals surface area contributed by atoms with Crippen LogP contribution in [0.3, 0.4) is 0 Å². The SMILES string of the molecule is COC(=O)OC(OC(=O)c1cc2occc2[nH]1)C(C)C. The summed E-state index contributed by atoms with van der Waals surface area (Å²) in [5.74, 6) is -0.852. The molecule has 0 aromatic carbocycles. The van der Waals surface area contributed by atoms with Crippen molar-refractivity contribution in [2.75, 3.05) is 7.11 Å². The van der Waals surface area contributed by atoms with Crippen LogP contribution < -0.4 is 0 Å². The van der Waals surface area contributed by atoms with Crippen LogP contribution in [0, 0.1) is 5.92 Å². The van der Waals surface area contributed by atoms with Gasteiger partial charge in [-0.05, 0) is 0 Å². The van der Waals surface area contributed by atoms with Crippen LogP contribution >= 0.6 is 0 Å². The van der Waals surface area contributed by atoms with Crippen LogP contribution in [0.15, 0.2) is 22.8 Å². The molecule has 0 spiro atoms. The molecule has 0 aliphatic carbocycles. The van der Waals surface area contributed by atoms with Crippen LogP contribution in [0.4, 0.5) is 4.79 Å². The smallest absolute Gasteiger partial charge is 0.463 e. The van der Waals surface area contributed by atoms with Crippen LogP contribution in [0.25, 0.3) is 11.1 Å². The van der Waals surface area contributed by atoms with E-state index in [-0.39, 0.29) is 11.6 Å². The van der Waals surface area contributed by atoms with Gasteiger partial charge in [0.15, 0.2) is 5.58 Å². The molecule has 2 rings (SSSR count). The van der Waals surface area contributed by atoms with Gasteiger partial charge in [0.1, 0.15) is 5.69 Å². The van der Waals surface area contributed by atoms with E-state index in [2.05, 4.69) is 9.72 Å². The van der Waals surface area contributed by atoms with E-state index >= 15 is 0 Å². The molecule has 0 fully saturated rings. The Kier molecular flexibility index (Phi) is 3.97. The topological polar surface area (TPSA) is 90.8 Å². The molecule has 1 N–H and O–H groups in total. The third-order valence-electron chi connectivity index (χ3n) is 2.61. The van der Waals surface area contributed by atoms with Crippen LogP contribution in [-0.2, 0) is 14.2 Å². The van der Waals surface area contributed by atoms with Crippen LogP contribution in [0.1, 0.15) is 24.3 Å².